The van der Waals surface area contributed by atoms with E-state index in [0.717, 1.165) is 25.7 Å². The molecule has 2 unspecified atom stereocenters. The molecule has 1 aromatic heterocycles. The van der Waals surface area contributed by atoms with Crippen molar-refractivity contribution in [3.63, 3.8) is 0 Å². The Balaban J connectivity index is 2.72. The number of aromatic nitrogens is 1. The molecule has 19 heavy (non-hydrogen) atoms. The number of carboxylic acids is 1. The number of unbranched alkanes of at least 4 members (excludes halogenated alkanes) is 1. The van der Waals surface area contributed by atoms with Crippen molar-refractivity contribution in [2.75, 3.05) is 0 Å². The van der Waals surface area contributed by atoms with Crippen LogP contribution in [-0.4, -0.2) is 21.8 Å². The van der Waals surface area contributed by atoms with Gasteiger partial charge >= 0.3 is 5.97 Å². The van der Waals surface area contributed by atoms with Gasteiger partial charge in [-0.2, -0.15) is 0 Å². The first kappa shape index (κ1) is 15.5. The Labute approximate surface area is 114 Å². The molecule has 0 radical (unpaired) electrons. The van der Waals surface area contributed by atoms with Crippen LogP contribution in [0.5, 0.6) is 0 Å². The molecule has 0 fully saturated rings. The Hall–Kier alpha value is -1.58. The molecule has 1 rings (SSSR count). The van der Waals surface area contributed by atoms with Crippen molar-refractivity contribution in [3.05, 3.63) is 24.0 Å². The summed E-state index contributed by atoms with van der Waals surface area (Å²) in [6, 6.07) is 1.63. The first-order valence-corrected chi connectivity index (χ1v) is 6.99. The Morgan fingerprint density at radius 2 is 2.11 bits per heavy atom. The van der Waals surface area contributed by atoms with Crippen LogP contribution >= 0.6 is 0 Å². The van der Waals surface area contributed by atoms with Gasteiger partial charge in [-0.25, -0.2) is 0 Å². The molecule has 4 heteroatoms. The Kier molecular flexibility index (Phi) is 6.33. The van der Waals surface area contributed by atoms with Crippen LogP contribution < -0.4 is 0 Å². The number of aliphatic carboxylic acids is 1. The highest BCUT2D eigenvalue weighted by Crippen LogP contribution is 2.24. The molecule has 1 aromatic rings. The number of carbonyl (C=O) groups excluding carboxylic acids is 1. The number of aromatic amines is 1. The summed E-state index contributed by atoms with van der Waals surface area (Å²) in [5, 5.41) is 9.28. The zero-order valence-corrected chi connectivity index (χ0v) is 11.7. The quantitative estimate of drug-likeness (QED) is 0.530. The lowest BCUT2D eigenvalue weighted by Gasteiger charge is -2.18. The van der Waals surface area contributed by atoms with Crippen molar-refractivity contribution in [3.8, 4) is 0 Å². The fraction of sp³-hybridized carbons (Fsp3) is 0.600. The van der Waals surface area contributed by atoms with Crippen LogP contribution in [0.15, 0.2) is 18.5 Å². The van der Waals surface area contributed by atoms with Gasteiger partial charge in [-0.3, -0.25) is 9.59 Å². The summed E-state index contributed by atoms with van der Waals surface area (Å²) in [6.45, 7) is 4.17. The molecular weight excluding hydrogens is 242 g/mol. The topological polar surface area (TPSA) is 70.2 Å². The maximum atomic E-state index is 12.2. The standard InChI is InChI=1S/C15H23NO3/c1-3-5-6-11(4-2)9-13(15(18)19)14(17)12-7-8-16-10-12/h7-8,10-11,13,16H,3-6,9H2,1-2H3,(H,18,19). The zero-order valence-electron chi connectivity index (χ0n) is 11.7. The van der Waals surface area contributed by atoms with Crippen molar-refractivity contribution < 1.29 is 14.7 Å². The van der Waals surface area contributed by atoms with Gasteiger partial charge in [0.2, 0.25) is 0 Å². The SMILES string of the molecule is CCCCC(CC)CC(C(=O)O)C(=O)c1cc[nH]c1. The highest BCUT2D eigenvalue weighted by molar-refractivity contribution is 6.08. The molecule has 0 aliphatic rings. The molecule has 4 nitrogen and oxygen atoms in total. The minimum Gasteiger partial charge on any atom is -0.481 e. The van der Waals surface area contributed by atoms with Gasteiger partial charge in [-0.15, -0.1) is 0 Å². The largest absolute Gasteiger partial charge is 0.481 e. The summed E-state index contributed by atoms with van der Waals surface area (Å²) < 4.78 is 0. The summed E-state index contributed by atoms with van der Waals surface area (Å²) >= 11 is 0. The number of Topliss-reactive ketones (excluding diaryl/α,β-unsaturated/α-hetero) is 1. The predicted molar refractivity (Wildman–Crippen MR) is 74.2 cm³/mol. The van der Waals surface area contributed by atoms with E-state index in [-0.39, 0.29) is 5.78 Å². The lowest BCUT2D eigenvalue weighted by Crippen LogP contribution is -2.26. The van der Waals surface area contributed by atoms with Crippen LogP contribution in [0.4, 0.5) is 0 Å². The van der Waals surface area contributed by atoms with Crippen LogP contribution in [0.1, 0.15) is 56.3 Å². The first-order chi connectivity index (χ1) is 9.10. The maximum Gasteiger partial charge on any atom is 0.314 e. The van der Waals surface area contributed by atoms with E-state index in [1.54, 1.807) is 18.5 Å². The van der Waals surface area contributed by atoms with E-state index < -0.39 is 11.9 Å². The molecule has 0 saturated carbocycles. The number of nitrogens with one attached hydrogen (secondary N) is 1. The third kappa shape index (κ3) is 4.54. The highest BCUT2D eigenvalue weighted by Gasteiger charge is 2.29. The zero-order chi connectivity index (χ0) is 14.3. The van der Waals surface area contributed by atoms with E-state index in [4.69, 9.17) is 0 Å². The first-order valence-electron chi connectivity index (χ1n) is 6.99. The molecular formula is C15H23NO3. The summed E-state index contributed by atoms with van der Waals surface area (Å²) in [5.41, 5.74) is 0.456. The number of carboxylic acid groups (broad SMARTS) is 1. The fourth-order valence-electron chi connectivity index (χ4n) is 2.31. The van der Waals surface area contributed by atoms with Crippen LogP contribution in [0.3, 0.4) is 0 Å². The normalized spacial score (nSPS) is 14.0. The molecule has 0 amide bonds. The van der Waals surface area contributed by atoms with E-state index in [2.05, 4.69) is 18.8 Å². The third-order valence-electron chi connectivity index (χ3n) is 3.61. The van der Waals surface area contributed by atoms with Gasteiger partial charge < -0.3 is 10.1 Å². The monoisotopic (exact) mass is 265 g/mol. The number of hydrogen-bond acceptors (Lipinski definition) is 2. The highest BCUT2D eigenvalue weighted by atomic mass is 16.4. The molecule has 0 aliphatic carbocycles. The Morgan fingerprint density at radius 1 is 1.37 bits per heavy atom. The second kappa shape index (κ2) is 7.77. The van der Waals surface area contributed by atoms with Gasteiger partial charge in [0.05, 0.1) is 0 Å². The molecule has 0 aromatic carbocycles. The number of H-pyrrole nitrogens is 1. The molecule has 106 valence electrons. The Bertz CT molecular complexity index is 398. The minimum absolute atomic E-state index is 0.288. The predicted octanol–water partition coefficient (Wildman–Crippen LogP) is 3.50. The van der Waals surface area contributed by atoms with Gasteiger partial charge in [-0.05, 0) is 18.4 Å². The Morgan fingerprint density at radius 3 is 2.58 bits per heavy atom. The van der Waals surface area contributed by atoms with E-state index in [9.17, 15) is 14.7 Å². The lowest BCUT2D eigenvalue weighted by atomic mass is 9.85. The lowest BCUT2D eigenvalue weighted by molar-refractivity contribution is -0.140. The smallest absolute Gasteiger partial charge is 0.314 e. The van der Waals surface area contributed by atoms with E-state index >= 15 is 0 Å². The molecule has 0 bridgehead atoms. The van der Waals surface area contributed by atoms with Crippen molar-refractivity contribution in [1.29, 1.82) is 0 Å². The van der Waals surface area contributed by atoms with Gasteiger partial charge in [-0.1, -0.05) is 39.5 Å². The van der Waals surface area contributed by atoms with Crippen LogP contribution in [0, 0.1) is 11.8 Å². The van der Waals surface area contributed by atoms with Gasteiger partial charge in [0.15, 0.2) is 5.78 Å². The average molecular weight is 265 g/mol. The maximum absolute atomic E-state index is 12.2. The fourth-order valence-corrected chi connectivity index (χ4v) is 2.31. The second-order valence-corrected chi connectivity index (χ2v) is 5.01. The second-order valence-electron chi connectivity index (χ2n) is 5.01. The van der Waals surface area contributed by atoms with Crippen molar-refractivity contribution in [1.82, 2.24) is 4.98 Å². The minimum atomic E-state index is -1.01. The molecule has 1 heterocycles. The van der Waals surface area contributed by atoms with Gasteiger partial charge in [0, 0.05) is 18.0 Å². The van der Waals surface area contributed by atoms with Crippen molar-refractivity contribution in [2.24, 2.45) is 11.8 Å². The summed E-state index contributed by atoms with van der Waals surface area (Å²) in [7, 11) is 0. The van der Waals surface area contributed by atoms with Gasteiger partial charge in [0.25, 0.3) is 0 Å². The van der Waals surface area contributed by atoms with Crippen molar-refractivity contribution >= 4 is 11.8 Å². The molecule has 0 aliphatic heterocycles. The summed E-state index contributed by atoms with van der Waals surface area (Å²) in [4.78, 5) is 26.3. The third-order valence-corrected chi connectivity index (χ3v) is 3.61. The van der Waals surface area contributed by atoms with Gasteiger partial charge in [0.1, 0.15) is 5.92 Å². The van der Waals surface area contributed by atoms with Crippen LogP contribution in [0.2, 0.25) is 0 Å². The number of hydrogen-bond donors (Lipinski definition) is 2. The van der Waals surface area contributed by atoms with Crippen LogP contribution in [0.25, 0.3) is 0 Å². The van der Waals surface area contributed by atoms with E-state index in [1.165, 1.54) is 0 Å². The van der Waals surface area contributed by atoms with E-state index in [1.807, 2.05) is 0 Å². The van der Waals surface area contributed by atoms with E-state index in [0.29, 0.717) is 17.9 Å². The molecule has 0 spiro atoms. The van der Waals surface area contributed by atoms with Crippen LogP contribution in [-0.2, 0) is 4.79 Å². The number of rotatable bonds is 9. The summed E-state index contributed by atoms with van der Waals surface area (Å²) in [6.07, 6.45) is 7.74. The molecule has 0 saturated heterocycles. The average Bonchev–Trinajstić information content (AvgIpc) is 2.92. The molecule has 2 atom stereocenters. The molecule has 2 N–H and O–H groups in total. The number of ketones is 1. The summed E-state index contributed by atoms with van der Waals surface area (Å²) in [5.74, 6) is -1.91. The number of carbonyl (C=O) groups is 2. The van der Waals surface area contributed by atoms with Crippen molar-refractivity contribution in [2.45, 2.75) is 46.0 Å².